The minimum absolute atomic E-state index is 0.0439. The van der Waals surface area contributed by atoms with Crippen molar-refractivity contribution in [3.63, 3.8) is 0 Å². The minimum atomic E-state index is -0.455. The number of carbonyl (C=O) groups excluding carboxylic acids is 1. The van der Waals surface area contributed by atoms with Gasteiger partial charge in [0.1, 0.15) is 23.7 Å². The predicted molar refractivity (Wildman–Crippen MR) is 94.9 cm³/mol. The molecule has 134 valence electrons. The van der Waals surface area contributed by atoms with E-state index < -0.39 is 11.6 Å². The van der Waals surface area contributed by atoms with Gasteiger partial charge in [-0.2, -0.15) is 0 Å². The summed E-state index contributed by atoms with van der Waals surface area (Å²) >= 11 is 3.27. The summed E-state index contributed by atoms with van der Waals surface area (Å²) in [6, 6.07) is 8.77. The van der Waals surface area contributed by atoms with Gasteiger partial charge in [-0.15, -0.1) is 0 Å². The molecule has 0 radical (unpaired) electrons. The third kappa shape index (κ3) is 3.89. The van der Waals surface area contributed by atoms with Crippen molar-refractivity contribution in [2.75, 3.05) is 13.7 Å². The molecule has 2 heterocycles. The number of hydrogen-bond donors (Lipinski definition) is 2. The van der Waals surface area contributed by atoms with Crippen LogP contribution in [0.5, 0.6) is 5.88 Å². The largest absolute Gasteiger partial charge is 0.480 e. The zero-order chi connectivity index (χ0) is 18.7. The number of ether oxygens (including phenoxy) is 1. The van der Waals surface area contributed by atoms with Crippen LogP contribution in [-0.4, -0.2) is 30.3 Å². The number of furan rings is 1. The van der Waals surface area contributed by atoms with Crippen LogP contribution in [-0.2, 0) is 4.84 Å². The van der Waals surface area contributed by atoms with Crippen molar-refractivity contribution in [1.29, 1.82) is 5.41 Å². The number of aromatic nitrogens is 1. The second-order valence-electron chi connectivity index (χ2n) is 5.17. The number of nitrogens with zero attached hydrogens (tertiary/aromatic N) is 1. The highest BCUT2D eigenvalue weighted by atomic mass is 79.9. The minimum Gasteiger partial charge on any atom is -0.480 e. The van der Waals surface area contributed by atoms with Crippen LogP contribution in [0.2, 0.25) is 0 Å². The lowest BCUT2D eigenvalue weighted by molar-refractivity contribution is 0.0586. The Labute approximate surface area is 155 Å². The molecule has 0 saturated carbocycles. The molecule has 3 aromatic rings. The molecule has 0 amide bonds. The van der Waals surface area contributed by atoms with E-state index in [9.17, 15) is 9.18 Å². The van der Waals surface area contributed by atoms with Crippen LogP contribution in [0.15, 0.2) is 45.3 Å². The maximum atomic E-state index is 13.2. The first kappa shape index (κ1) is 18.0. The number of amidine groups is 1. The molecule has 7 nitrogen and oxygen atoms in total. The second kappa shape index (κ2) is 7.63. The van der Waals surface area contributed by atoms with Crippen LogP contribution >= 0.6 is 15.9 Å². The van der Waals surface area contributed by atoms with E-state index in [4.69, 9.17) is 19.4 Å². The first-order valence-corrected chi connectivity index (χ1v) is 8.17. The average molecular weight is 422 g/mol. The third-order valence-corrected chi connectivity index (χ3v) is 4.00. The number of hydroxylamine groups is 1. The second-order valence-corrected chi connectivity index (χ2v) is 6.02. The monoisotopic (exact) mass is 421 g/mol. The standard InChI is InChI=1S/C17H13BrFN3O4/c1-24-17-11(18)4-5-12(21-17)16(20)22-25-8-13(23)15-6-9-2-3-10(19)7-14(9)26-15/h2-7H,8H2,1H3,(H2,20,22). The molecule has 0 fully saturated rings. The molecular formula is C17H13BrFN3O4. The molecule has 2 N–H and O–H groups in total. The van der Waals surface area contributed by atoms with Crippen LogP contribution < -0.4 is 10.2 Å². The highest BCUT2D eigenvalue weighted by molar-refractivity contribution is 9.10. The van der Waals surface area contributed by atoms with Crippen molar-refractivity contribution in [3.05, 3.63) is 58.1 Å². The Morgan fingerprint density at radius 1 is 1.35 bits per heavy atom. The van der Waals surface area contributed by atoms with Gasteiger partial charge in [-0.3, -0.25) is 15.0 Å². The highest BCUT2D eigenvalue weighted by Crippen LogP contribution is 2.22. The molecule has 2 aromatic heterocycles. The average Bonchev–Trinajstić information content (AvgIpc) is 3.05. The van der Waals surface area contributed by atoms with Crippen molar-refractivity contribution in [2.24, 2.45) is 0 Å². The molecule has 1 aromatic carbocycles. The van der Waals surface area contributed by atoms with Crippen LogP contribution in [0.3, 0.4) is 0 Å². The number of carbonyl (C=O) groups is 1. The molecule has 0 atom stereocenters. The summed E-state index contributed by atoms with van der Waals surface area (Å²) < 4.78 is 24.2. The fraction of sp³-hybridized carbons (Fsp3) is 0.118. The van der Waals surface area contributed by atoms with Crippen LogP contribution in [0.1, 0.15) is 16.2 Å². The molecule has 0 unspecified atom stereocenters. The van der Waals surface area contributed by atoms with Gasteiger partial charge in [0.2, 0.25) is 11.7 Å². The van der Waals surface area contributed by atoms with E-state index in [1.165, 1.54) is 31.4 Å². The quantitative estimate of drug-likeness (QED) is 0.273. The Hall–Kier alpha value is -2.78. The van der Waals surface area contributed by atoms with Gasteiger partial charge >= 0.3 is 0 Å². The van der Waals surface area contributed by atoms with Gasteiger partial charge in [0.25, 0.3) is 0 Å². The summed E-state index contributed by atoms with van der Waals surface area (Å²) in [7, 11) is 1.46. The zero-order valence-corrected chi connectivity index (χ0v) is 15.1. The molecule has 3 rings (SSSR count). The predicted octanol–water partition coefficient (Wildman–Crippen LogP) is 3.47. The maximum absolute atomic E-state index is 13.2. The Morgan fingerprint density at radius 3 is 2.92 bits per heavy atom. The lowest BCUT2D eigenvalue weighted by Gasteiger charge is -2.08. The van der Waals surface area contributed by atoms with Crippen molar-refractivity contribution >= 4 is 38.5 Å². The van der Waals surface area contributed by atoms with Crippen LogP contribution in [0, 0.1) is 11.2 Å². The van der Waals surface area contributed by atoms with Gasteiger partial charge < -0.3 is 9.15 Å². The summed E-state index contributed by atoms with van der Waals surface area (Å²) in [6.07, 6.45) is 0. The number of methoxy groups -OCH3 is 1. The van der Waals surface area contributed by atoms with Gasteiger partial charge in [0, 0.05) is 11.5 Å². The third-order valence-electron chi connectivity index (χ3n) is 3.40. The van der Waals surface area contributed by atoms with E-state index >= 15 is 0 Å². The van der Waals surface area contributed by atoms with Crippen molar-refractivity contribution in [1.82, 2.24) is 10.5 Å². The number of pyridine rings is 1. The SMILES string of the molecule is COc1nc(C(=N)NOCC(=O)c2cc3ccc(F)cc3o2)ccc1Br. The van der Waals surface area contributed by atoms with Crippen LogP contribution in [0.25, 0.3) is 11.0 Å². The number of fused-ring (bicyclic) bond motifs is 1. The van der Waals surface area contributed by atoms with E-state index in [0.29, 0.717) is 15.7 Å². The topological polar surface area (TPSA) is 97.4 Å². The van der Waals surface area contributed by atoms with Gasteiger partial charge in [-0.25, -0.2) is 14.9 Å². The van der Waals surface area contributed by atoms with Gasteiger partial charge in [0.05, 0.1) is 11.6 Å². The van der Waals surface area contributed by atoms with E-state index in [1.54, 1.807) is 12.1 Å². The number of ketones is 1. The zero-order valence-electron chi connectivity index (χ0n) is 13.5. The van der Waals surface area contributed by atoms with Crippen molar-refractivity contribution < 1.29 is 23.2 Å². The van der Waals surface area contributed by atoms with E-state index in [1.807, 2.05) is 0 Å². The number of benzene rings is 1. The Morgan fingerprint density at radius 2 is 2.15 bits per heavy atom. The summed E-state index contributed by atoms with van der Waals surface area (Å²) in [6.45, 7) is -0.377. The van der Waals surface area contributed by atoms with E-state index in [2.05, 4.69) is 26.4 Å². The molecule has 9 heteroatoms. The molecule has 0 aliphatic rings. The molecule has 26 heavy (non-hydrogen) atoms. The lowest BCUT2D eigenvalue weighted by atomic mass is 10.2. The van der Waals surface area contributed by atoms with Gasteiger partial charge in [0.15, 0.2) is 11.6 Å². The Bertz CT molecular complexity index is 989. The number of Topliss-reactive ketones (excluding diaryl/α,β-unsaturated/α-hetero) is 1. The maximum Gasteiger partial charge on any atom is 0.228 e. The molecular weight excluding hydrogens is 409 g/mol. The number of halogens is 2. The lowest BCUT2D eigenvalue weighted by Crippen LogP contribution is -2.27. The van der Waals surface area contributed by atoms with E-state index in [0.717, 1.165) is 0 Å². The fourth-order valence-electron chi connectivity index (χ4n) is 2.15. The van der Waals surface area contributed by atoms with Crippen molar-refractivity contribution in [3.8, 4) is 5.88 Å². The molecule has 0 spiro atoms. The summed E-state index contributed by atoms with van der Waals surface area (Å²) in [5, 5.41) is 8.50. The molecule has 0 saturated heterocycles. The number of hydrogen-bond acceptors (Lipinski definition) is 6. The number of nitrogens with one attached hydrogen (secondary N) is 2. The molecule has 0 aliphatic heterocycles. The number of rotatable bonds is 6. The first-order chi connectivity index (χ1) is 12.5. The first-order valence-electron chi connectivity index (χ1n) is 7.37. The highest BCUT2D eigenvalue weighted by Gasteiger charge is 2.14. The normalized spacial score (nSPS) is 10.7. The molecule has 0 bridgehead atoms. The summed E-state index contributed by atoms with van der Waals surface area (Å²) in [4.78, 5) is 21.2. The van der Waals surface area contributed by atoms with E-state index in [-0.39, 0.29) is 29.5 Å². The molecule has 0 aliphatic carbocycles. The Balaban J connectivity index is 1.59. The van der Waals surface area contributed by atoms with Crippen LogP contribution in [0.4, 0.5) is 4.39 Å². The van der Waals surface area contributed by atoms with Gasteiger partial charge in [-0.05, 0) is 46.3 Å². The van der Waals surface area contributed by atoms with Gasteiger partial charge in [-0.1, -0.05) is 0 Å². The fourth-order valence-corrected chi connectivity index (χ4v) is 2.53. The summed E-state index contributed by atoms with van der Waals surface area (Å²) in [5.74, 6) is -0.685. The smallest absolute Gasteiger partial charge is 0.228 e. The van der Waals surface area contributed by atoms with Crippen molar-refractivity contribution in [2.45, 2.75) is 0 Å². The summed E-state index contributed by atoms with van der Waals surface area (Å²) in [5.41, 5.74) is 2.89. The Kier molecular flexibility index (Phi) is 5.29.